The van der Waals surface area contributed by atoms with Crippen molar-refractivity contribution in [2.75, 3.05) is 6.54 Å². The summed E-state index contributed by atoms with van der Waals surface area (Å²) >= 11 is 1.35. The minimum absolute atomic E-state index is 0.0350. The van der Waals surface area contributed by atoms with E-state index in [0.29, 0.717) is 5.56 Å². The molecule has 2 heterocycles. The van der Waals surface area contributed by atoms with Crippen LogP contribution < -0.4 is 5.32 Å². The van der Waals surface area contributed by atoms with E-state index < -0.39 is 17.3 Å². The van der Waals surface area contributed by atoms with Crippen molar-refractivity contribution < 1.29 is 18.8 Å². The van der Waals surface area contributed by atoms with Gasteiger partial charge < -0.3 is 10.2 Å². The molecule has 2 aliphatic rings. The maximum Gasteiger partial charge on any atom is 0.328 e. The van der Waals surface area contributed by atoms with E-state index in [1.54, 1.807) is 23.6 Å². The van der Waals surface area contributed by atoms with Crippen molar-refractivity contribution in [3.8, 4) is 0 Å². The Balaban J connectivity index is 1.40. The molecule has 0 aliphatic carbocycles. The van der Waals surface area contributed by atoms with Crippen molar-refractivity contribution in [1.29, 1.82) is 0 Å². The normalized spacial score (nSPS) is 20.7. The van der Waals surface area contributed by atoms with E-state index in [-0.39, 0.29) is 36.8 Å². The van der Waals surface area contributed by atoms with E-state index in [2.05, 4.69) is 17.4 Å². The highest BCUT2D eigenvalue weighted by Crippen LogP contribution is 2.34. The Morgan fingerprint density at radius 3 is 2.55 bits per heavy atom. The predicted molar refractivity (Wildman–Crippen MR) is 126 cm³/mol. The van der Waals surface area contributed by atoms with Crippen LogP contribution in [0, 0.1) is 5.82 Å². The van der Waals surface area contributed by atoms with Crippen LogP contribution in [0.5, 0.6) is 0 Å². The average Bonchev–Trinajstić information content (AvgIpc) is 3.30. The second-order valence-corrected chi connectivity index (χ2v) is 9.38. The number of hydrogen-bond donors (Lipinski definition) is 1. The molecule has 3 atom stereocenters. The van der Waals surface area contributed by atoms with Gasteiger partial charge in [0, 0.05) is 6.04 Å². The van der Waals surface area contributed by atoms with Gasteiger partial charge >= 0.3 is 6.03 Å². The number of carbonyl (C=O) groups is 3. The highest BCUT2D eigenvalue weighted by Gasteiger charge is 2.47. The molecule has 3 unspecified atom stereocenters. The SMILES string of the molecule is CC(CCc1ccccc1)NC(=O)CN1C(=O)N(Cc2ccc(F)cc2)C(=O)C2SC=CC21. The second kappa shape index (κ2) is 10.2. The van der Waals surface area contributed by atoms with Crippen molar-refractivity contribution in [1.82, 2.24) is 15.1 Å². The standard InChI is InChI=1S/C25H26FN3O3S/c1-17(7-8-18-5-3-2-4-6-18)27-22(30)16-28-21-13-14-33-23(21)24(31)29(25(28)32)15-19-9-11-20(26)12-10-19/h2-6,9-14,17,21,23H,7-8,15-16H2,1H3,(H,27,30). The number of imide groups is 1. The van der Waals surface area contributed by atoms with Gasteiger partial charge in [0.25, 0.3) is 0 Å². The van der Waals surface area contributed by atoms with Crippen LogP contribution in [0.1, 0.15) is 24.5 Å². The first kappa shape index (κ1) is 23.0. The van der Waals surface area contributed by atoms with Crippen molar-refractivity contribution in [2.45, 2.75) is 43.6 Å². The zero-order valence-electron chi connectivity index (χ0n) is 18.3. The molecule has 2 aliphatic heterocycles. The quantitative estimate of drug-likeness (QED) is 0.643. The molecular weight excluding hydrogens is 441 g/mol. The van der Waals surface area contributed by atoms with E-state index in [1.807, 2.05) is 25.1 Å². The number of aryl methyl sites for hydroxylation is 1. The molecule has 6 nitrogen and oxygen atoms in total. The molecule has 0 bridgehead atoms. The minimum Gasteiger partial charge on any atom is -0.352 e. The zero-order chi connectivity index (χ0) is 23.4. The molecular formula is C25H26FN3O3S. The van der Waals surface area contributed by atoms with Gasteiger partial charge in [-0.1, -0.05) is 48.5 Å². The Hall–Kier alpha value is -3.13. The smallest absolute Gasteiger partial charge is 0.328 e. The molecule has 1 N–H and O–H groups in total. The number of amides is 4. The topological polar surface area (TPSA) is 69.7 Å². The molecule has 1 saturated heterocycles. The first-order valence-electron chi connectivity index (χ1n) is 10.9. The number of hydrogen-bond acceptors (Lipinski definition) is 4. The summed E-state index contributed by atoms with van der Waals surface area (Å²) in [6.07, 6.45) is 3.42. The van der Waals surface area contributed by atoms with Crippen molar-refractivity contribution >= 4 is 29.6 Å². The van der Waals surface area contributed by atoms with E-state index in [1.165, 1.54) is 34.4 Å². The highest BCUT2D eigenvalue weighted by atomic mass is 32.2. The Kier molecular flexibility index (Phi) is 7.13. The van der Waals surface area contributed by atoms with Gasteiger partial charge in [0.15, 0.2) is 0 Å². The third-order valence-corrected chi connectivity index (χ3v) is 6.93. The van der Waals surface area contributed by atoms with Gasteiger partial charge in [0.1, 0.15) is 17.6 Å². The van der Waals surface area contributed by atoms with Crippen molar-refractivity contribution in [2.24, 2.45) is 0 Å². The fraction of sp³-hybridized carbons (Fsp3) is 0.320. The molecule has 2 aromatic carbocycles. The second-order valence-electron chi connectivity index (χ2n) is 8.33. The molecule has 4 amide bonds. The van der Waals surface area contributed by atoms with Gasteiger partial charge in [0.05, 0.1) is 12.6 Å². The first-order chi connectivity index (χ1) is 15.9. The Labute approximate surface area is 196 Å². The van der Waals surface area contributed by atoms with Gasteiger partial charge in [-0.05, 0) is 48.4 Å². The molecule has 0 aromatic heterocycles. The summed E-state index contributed by atoms with van der Waals surface area (Å²) in [4.78, 5) is 41.5. The molecule has 1 fully saturated rings. The number of thioether (sulfide) groups is 1. The summed E-state index contributed by atoms with van der Waals surface area (Å²) in [6, 6.07) is 14.7. The van der Waals surface area contributed by atoms with Gasteiger partial charge in [-0.2, -0.15) is 0 Å². The summed E-state index contributed by atoms with van der Waals surface area (Å²) in [7, 11) is 0. The lowest BCUT2D eigenvalue weighted by molar-refractivity contribution is -0.133. The maximum absolute atomic E-state index is 13.2. The van der Waals surface area contributed by atoms with Crippen LogP contribution in [0.3, 0.4) is 0 Å². The number of fused-ring (bicyclic) bond motifs is 1. The summed E-state index contributed by atoms with van der Waals surface area (Å²) in [5.74, 6) is -0.938. The predicted octanol–water partition coefficient (Wildman–Crippen LogP) is 3.73. The Morgan fingerprint density at radius 2 is 1.82 bits per heavy atom. The molecule has 33 heavy (non-hydrogen) atoms. The maximum atomic E-state index is 13.2. The number of nitrogens with one attached hydrogen (secondary N) is 1. The van der Waals surface area contributed by atoms with E-state index in [0.717, 1.165) is 17.7 Å². The summed E-state index contributed by atoms with van der Waals surface area (Å²) in [6.45, 7) is 1.85. The Bertz CT molecular complexity index is 1040. The fourth-order valence-electron chi connectivity index (χ4n) is 4.06. The molecule has 4 rings (SSSR count). The lowest BCUT2D eigenvalue weighted by Gasteiger charge is -2.41. The van der Waals surface area contributed by atoms with Crippen LogP contribution in [0.25, 0.3) is 0 Å². The molecule has 0 spiro atoms. The molecule has 8 heteroatoms. The zero-order valence-corrected chi connectivity index (χ0v) is 19.1. The van der Waals surface area contributed by atoms with Gasteiger partial charge in [-0.25, -0.2) is 9.18 Å². The van der Waals surface area contributed by atoms with Crippen LogP contribution in [-0.4, -0.2) is 51.5 Å². The average molecular weight is 468 g/mol. The van der Waals surface area contributed by atoms with Crippen molar-refractivity contribution in [3.05, 3.63) is 83.0 Å². The monoisotopic (exact) mass is 467 g/mol. The van der Waals surface area contributed by atoms with Crippen LogP contribution >= 0.6 is 11.8 Å². The van der Waals surface area contributed by atoms with Gasteiger partial charge in [0.2, 0.25) is 11.8 Å². The number of halogens is 1. The van der Waals surface area contributed by atoms with E-state index in [9.17, 15) is 18.8 Å². The number of urea groups is 1. The summed E-state index contributed by atoms with van der Waals surface area (Å²) < 4.78 is 13.2. The molecule has 172 valence electrons. The van der Waals surface area contributed by atoms with E-state index in [4.69, 9.17) is 0 Å². The number of carbonyl (C=O) groups excluding carboxylic acids is 3. The third-order valence-electron chi connectivity index (χ3n) is 5.84. The molecule has 2 aromatic rings. The van der Waals surface area contributed by atoms with Crippen LogP contribution in [0.2, 0.25) is 0 Å². The van der Waals surface area contributed by atoms with Gasteiger partial charge in [-0.15, -0.1) is 11.8 Å². The van der Waals surface area contributed by atoms with Crippen LogP contribution in [0.4, 0.5) is 9.18 Å². The Morgan fingerprint density at radius 1 is 1.09 bits per heavy atom. The van der Waals surface area contributed by atoms with Crippen molar-refractivity contribution in [3.63, 3.8) is 0 Å². The number of benzene rings is 2. The lowest BCUT2D eigenvalue weighted by atomic mass is 10.1. The largest absolute Gasteiger partial charge is 0.352 e. The first-order valence-corrected chi connectivity index (χ1v) is 11.9. The summed E-state index contributed by atoms with van der Waals surface area (Å²) in [5, 5.41) is 4.29. The van der Waals surface area contributed by atoms with Gasteiger partial charge in [-0.3, -0.25) is 14.5 Å². The van der Waals surface area contributed by atoms with E-state index >= 15 is 0 Å². The summed E-state index contributed by atoms with van der Waals surface area (Å²) in [5.41, 5.74) is 1.85. The minimum atomic E-state index is -0.509. The number of nitrogens with zero attached hydrogens (tertiary/aromatic N) is 2. The highest BCUT2D eigenvalue weighted by molar-refractivity contribution is 8.03. The molecule has 0 saturated carbocycles. The molecule has 0 radical (unpaired) electrons. The third kappa shape index (κ3) is 5.45. The van der Waals surface area contributed by atoms with Crippen LogP contribution in [0.15, 0.2) is 66.1 Å². The lowest BCUT2D eigenvalue weighted by Crippen LogP contribution is -2.63. The number of rotatable bonds is 8. The van der Waals surface area contributed by atoms with Crippen LogP contribution in [-0.2, 0) is 22.6 Å². The fourth-order valence-corrected chi connectivity index (χ4v) is 5.12.